The van der Waals surface area contributed by atoms with Gasteiger partial charge in [0.1, 0.15) is 0 Å². The van der Waals surface area contributed by atoms with Crippen molar-refractivity contribution in [3.63, 3.8) is 0 Å². The van der Waals surface area contributed by atoms with Crippen LogP contribution in [0.3, 0.4) is 0 Å². The van der Waals surface area contributed by atoms with Crippen LogP contribution in [0.5, 0.6) is 0 Å². The lowest BCUT2D eigenvalue weighted by molar-refractivity contribution is -0.130. The van der Waals surface area contributed by atoms with E-state index in [1.54, 1.807) is 6.08 Å². The summed E-state index contributed by atoms with van der Waals surface area (Å²) >= 11 is 0. The zero-order valence-electron chi connectivity index (χ0n) is 16.7. The average Bonchev–Trinajstić information content (AvgIpc) is 2.69. The molecule has 1 fully saturated rings. The molecule has 5 heteroatoms. The summed E-state index contributed by atoms with van der Waals surface area (Å²) in [4.78, 5) is 31.3. The standard InChI is InChI=1S/C23H27N3O2/c1-16-15-17(2)24-18(3)22(16)25-23(28)20-11-13-26(14-12-20)21(27)10-9-19-7-5-4-6-8-19/h4-10,15,20H,11-14H2,1-3H3,(H,25,28)/b10-9+. The molecule has 28 heavy (non-hydrogen) atoms. The van der Waals surface area contributed by atoms with Crippen LogP contribution in [0.4, 0.5) is 5.69 Å². The fraction of sp³-hybridized carbons (Fsp3) is 0.348. The number of benzene rings is 1. The fourth-order valence-corrected chi connectivity index (χ4v) is 3.64. The third kappa shape index (κ3) is 4.85. The molecule has 3 rings (SSSR count). The first-order valence-electron chi connectivity index (χ1n) is 9.72. The molecule has 0 atom stereocenters. The number of likely N-dealkylation sites (tertiary alicyclic amines) is 1. The van der Waals surface area contributed by atoms with Crippen LogP contribution in [0.15, 0.2) is 42.5 Å². The summed E-state index contributed by atoms with van der Waals surface area (Å²) in [5.41, 5.74) is 4.62. The predicted molar refractivity (Wildman–Crippen MR) is 112 cm³/mol. The Morgan fingerprint density at radius 3 is 2.43 bits per heavy atom. The Balaban J connectivity index is 1.54. The molecule has 1 saturated heterocycles. The molecule has 2 amide bonds. The van der Waals surface area contributed by atoms with Crippen LogP contribution in [-0.2, 0) is 9.59 Å². The van der Waals surface area contributed by atoms with Crippen LogP contribution in [0, 0.1) is 26.7 Å². The molecule has 1 aromatic carbocycles. The Kier molecular flexibility index (Phi) is 6.24. The van der Waals surface area contributed by atoms with E-state index in [-0.39, 0.29) is 17.7 Å². The number of hydrogen-bond donors (Lipinski definition) is 1. The number of carbonyl (C=O) groups excluding carboxylic acids is 2. The van der Waals surface area contributed by atoms with Gasteiger partial charge in [-0.2, -0.15) is 0 Å². The molecular weight excluding hydrogens is 350 g/mol. The second-order valence-corrected chi connectivity index (χ2v) is 7.37. The van der Waals surface area contributed by atoms with Crippen molar-refractivity contribution < 1.29 is 9.59 Å². The molecule has 0 radical (unpaired) electrons. The van der Waals surface area contributed by atoms with Gasteiger partial charge in [0.2, 0.25) is 11.8 Å². The summed E-state index contributed by atoms with van der Waals surface area (Å²) in [5.74, 6) is -0.0665. The van der Waals surface area contributed by atoms with Crippen LogP contribution in [0.25, 0.3) is 6.08 Å². The number of hydrogen-bond acceptors (Lipinski definition) is 3. The van der Waals surface area contributed by atoms with Crippen LogP contribution < -0.4 is 5.32 Å². The molecule has 1 N–H and O–H groups in total. The van der Waals surface area contributed by atoms with E-state index in [4.69, 9.17) is 0 Å². The summed E-state index contributed by atoms with van der Waals surface area (Å²) in [7, 11) is 0. The number of amides is 2. The van der Waals surface area contributed by atoms with Crippen LogP contribution in [0.2, 0.25) is 0 Å². The van der Waals surface area contributed by atoms with E-state index in [9.17, 15) is 9.59 Å². The van der Waals surface area contributed by atoms with E-state index in [1.165, 1.54) is 0 Å². The van der Waals surface area contributed by atoms with Crippen molar-refractivity contribution >= 4 is 23.6 Å². The lowest BCUT2D eigenvalue weighted by Gasteiger charge is -2.30. The summed E-state index contributed by atoms with van der Waals surface area (Å²) in [6.07, 6.45) is 4.79. The van der Waals surface area contributed by atoms with Gasteiger partial charge in [-0.3, -0.25) is 14.6 Å². The third-order valence-electron chi connectivity index (χ3n) is 5.17. The molecule has 146 valence electrons. The number of pyridine rings is 1. The first-order valence-corrected chi connectivity index (χ1v) is 9.72. The van der Waals surface area contributed by atoms with Crippen LogP contribution >= 0.6 is 0 Å². The van der Waals surface area contributed by atoms with Crippen LogP contribution in [0.1, 0.15) is 35.4 Å². The first kappa shape index (κ1) is 19.8. The van der Waals surface area contributed by atoms with Crippen molar-refractivity contribution in [2.75, 3.05) is 18.4 Å². The zero-order valence-corrected chi connectivity index (χ0v) is 16.7. The largest absolute Gasteiger partial charge is 0.339 e. The van der Waals surface area contributed by atoms with Gasteiger partial charge < -0.3 is 10.2 Å². The second-order valence-electron chi connectivity index (χ2n) is 7.37. The summed E-state index contributed by atoms with van der Waals surface area (Å²) < 4.78 is 0. The fourth-order valence-electron chi connectivity index (χ4n) is 3.64. The summed E-state index contributed by atoms with van der Waals surface area (Å²) in [6.45, 7) is 7.04. The number of piperidine rings is 1. The lowest BCUT2D eigenvalue weighted by Crippen LogP contribution is -2.40. The van der Waals surface area contributed by atoms with Gasteiger partial charge >= 0.3 is 0 Å². The highest BCUT2D eigenvalue weighted by atomic mass is 16.2. The maximum Gasteiger partial charge on any atom is 0.246 e. The first-order chi connectivity index (χ1) is 13.4. The van der Waals surface area contributed by atoms with Gasteiger partial charge in [0.15, 0.2) is 0 Å². The maximum atomic E-state index is 12.7. The SMILES string of the molecule is Cc1cc(C)c(NC(=O)C2CCN(C(=O)/C=C/c3ccccc3)CC2)c(C)n1. The molecule has 1 aromatic heterocycles. The predicted octanol–water partition coefficient (Wildman–Crippen LogP) is 3.90. The maximum absolute atomic E-state index is 12.7. The van der Waals surface area contributed by atoms with Gasteiger partial charge in [-0.05, 0) is 56.9 Å². The smallest absolute Gasteiger partial charge is 0.246 e. The number of carbonyl (C=O) groups is 2. The molecule has 0 unspecified atom stereocenters. The highest BCUT2D eigenvalue weighted by Gasteiger charge is 2.27. The molecule has 2 aromatic rings. The van der Waals surface area contributed by atoms with Gasteiger partial charge in [-0.25, -0.2) is 0 Å². The second kappa shape index (κ2) is 8.83. The number of nitrogens with zero attached hydrogens (tertiary/aromatic N) is 2. The molecular formula is C23H27N3O2. The molecule has 2 heterocycles. The van der Waals surface area contributed by atoms with E-state index in [0.717, 1.165) is 28.2 Å². The van der Waals surface area contributed by atoms with Crippen molar-refractivity contribution in [1.29, 1.82) is 0 Å². The van der Waals surface area contributed by atoms with E-state index in [0.29, 0.717) is 25.9 Å². The highest BCUT2D eigenvalue weighted by Crippen LogP contribution is 2.23. The number of rotatable bonds is 4. The monoisotopic (exact) mass is 377 g/mol. The number of nitrogens with one attached hydrogen (secondary N) is 1. The Labute approximate surface area is 166 Å². The van der Waals surface area contributed by atoms with E-state index in [2.05, 4.69) is 10.3 Å². The molecule has 1 aliphatic heterocycles. The van der Waals surface area contributed by atoms with Crippen molar-refractivity contribution in [2.24, 2.45) is 5.92 Å². The van der Waals surface area contributed by atoms with E-state index in [1.807, 2.05) is 68.1 Å². The van der Waals surface area contributed by atoms with Crippen molar-refractivity contribution in [3.8, 4) is 0 Å². The molecule has 0 spiro atoms. The Morgan fingerprint density at radius 1 is 1.11 bits per heavy atom. The number of aromatic nitrogens is 1. The van der Waals surface area contributed by atoms with Crippen molar-refractivity contribution in [1.82, 2.24) is 9.88 Å². The lowest BCUT2D eigenvalue weighted by atomic mass is 9.95. The number of anilines is 1. The third-order valence-corrected chi connectivity index (χ3v) is 5.17. The molecule has 5 nitrogen and oxygen atoms in total. The van der Waals surface area contributed by atoms with Gasteiger partial charge in [-0.15, -0.1) is 0 Å². The molecule has 0 bridgehead atoms. The van der Waals surface area contributed by atoms with Crippen molar-refractivity contribution in [3.05, 3.63) is 65.0 Å². The topological polar surface area (TPSA) is 62.3 Å². The summed E-state index contributed by atoms with van der Waals surface area (Å²) in [5, 5.41) is 3.05. The van der Waals surface area contributed by atoms with Crippen molar-refractivity contribution in [2.45, 2.75) is 33.6 Å². The normalized spacial score (nSPS) is 15.0. The van der Waals surface area contributed by atoms with E-state index < -0.39 is 0 Å². The Bertz CT molecular complexity index is 859. The minimum Gasteiger partial charge on any atom is -0.339 e. The van der Waals surface area contributed by atoms with Gasteiger partial charge in [0.25, 0.3) is 0 Å². The molecule has 0 saturated carbocycles. The highest BCUT2D eigenvalue weighted by molar-refractivity contribution is 5.94. The summed E-state index contributed by atoms with van der Waals surface area (Å²) in [6, 6.07) is 11.7. The van der Waals surface area contributed by atoms with Crippen LogP contribution in [-0.4, -0.2) is 34.8 Å². The van der Waals surface area contributed by atoms with Gasteiger partial charge in [0, 0.05) is 30.8 Å². The minimum atomic E-state index is -0.0812. The average molecular weight is 377 g/mol. The molecule has 1 aliphatic rings. The Hall–Kier alpha value is -2.95. The zero-order chi connectivity index (χ0) is 20.1. The van der Waals surface area contributed by atoms with E-state index >= 15 is 0 Å². The quantitative estimate of drug-likeness (QED) is 0.822. The van der Waals surface area contributed by atoms with Gasteiger partial charge in [-0.1, -0.05) is 30.3 Å². The Morgan fingerprint density at radius 2 is 1.79 bits per heavy atom. The number of aryl methyl sites for hydroxylation is 3. The van der Waals surface area contributed by atoms with Gasteiger partial charge in [0.05, 0.1) is 11.4 Å². The molecule has 0 aliphatic carbocycles. The minimum absolute atomic E-state index is 0.00265.